The quantitative estimate of drug-likeness (QED) is 0.515. The second-order valence-electron chi connectivity index (χ2n) is 6.54. The third kappa shape index (κ3) is 6.75. The van der Waals surface area contributed by atoms with Crippen LogP contribution in [-0.2, 0) is 14.3 Å². The number of benzene rings is 1. The molecule has 0 unspecified atom stereocenters. The van der Waals surface area contributed by atoms with Crippen LogP contribution >= 0.6 is 0 Å². The number of aliphatic carboxylic acids is 1. The summed E-state index contributed by atoms with van der Waals surface area (Å²) in [4.78, 5) is 45.4. The van der Waals surface area contributed by atoms with E-state index in [4.69, 9.17) is 9.84 Å². The minimum absolute atomic E-state index is 0.144. The van der Waals surface area contributed by atoms with Crippen molar-refractivity contribution < 1.29 is 29.2 Å². The van der Waals surface area contributed by atoms with Crippen molar-refractivity contribution in [1.29, 1.82) is 0 Å². The maximum absolute atomic E-state index is 12.4. The highest BCUT2D eigenvalue weighted by molar-refractivity contribution is 5.99. The van der Waals surface area contributed by atoms with Gasteiger partial charge in [-0.15, -0.1) is 0 Å². The molecule has 10 heteroatoms. The van der Waals surface area contributed by atoms with Crippen LogP contribution in [0.5, 0.6) is 0 Å². The molecule has 0 saturated heterocycles. The lowest BCUT2D eigenvalue weighted by molar-refractivity contribution is -0.384. The number of anilines is 1. The van der Waals surface area contributed by atoms with Gasteiger partial charge >= 0.3 is 12.1 Å². The lowest BCUT2D eigenvalue weighted by Crippen LogP contribution is -2.46. The molecule has 1 aromatic rings. The van der Waals surface area contributed by atoms with Crippen LogP contribution < -0.4 is 10.6 Å². The van der Waals surface area contributed by atoms with Crippen LogP contribution in [0, 0.1) is 17.0 Å². The number of rotatable bonds is 6. The fourth-order valence-corrected chi connectivity index (χ4v) is 1.91. The topological polar surface area (TPSA) is 148 Å². The Bertz CT molecular complexity index is 725. The first-order valence-electron chi connectivity index (χ1n) is 7.66. The van der Waals surface area contributed by atoms with Crippen molar-refractivity contribution in [3.8, 4) is 0 Å². The van der Waals surface area contributed by atoms with Crippen LogP contribution in [0.15, 0.2) is 18.2 Å². The maximum Gasteiger partial charge on any atom is 0.408 e. The number of alkyl carbamates (subject to hydrolysis) is 1. The number of aryl methyl sites for hydroxylation is 1. The Morgan fingerprint density at radius 1 is 1.31 bits per heavy atom. The van der Waals surface area contributed by atoms with Crippen LogP contribution in [0.25, 0.3) is 0 Å². The molecule has 0 spiro atoms. The summed E-state index contributed by atoms with van der Waals surface area (Å²) in [5.74, 6) is -2.14. The van der Waals surface area contributed by atoms with E-state index in [1.54, 1.807) is 27.7 Å². The molecule has 1 rings (SSSR count). The van der Waals surface area contributed by atoms with Crippen molar-refractivity contribution in [3.63, 3.8) is 0 Å². The standard InChI is InChI=1S/C16H21N3O7/c1-9-5-6-10(19(24)25)7-11(9)17-14(22)12(8-13(20)21)18-15(23)26-16(2,3)4/h5-7,12H,8H2,1-4H3,(H,17,22)(H,18,23)(H,20,21)/t12-/m1/s1. The van der Waals surface area contributed by atoms with Gasteiger partial charge in [0.15, 0.2) is 0 Å². The Balaban J connectivity index is 2.96. The van der Waals surface area contributed by atoms with Crippen LogP contribution in [-0.4, -0.2) is 39.6 Å². The number of nitrogens with zero attached hydrogens (tertiary/aromatic N) is 1. The maximum atomic E-state index is 12.4. The number of nitro groups is 1. The summed E-state index contributed by atoms with van der Waals surface area (Å²) >= 11 is 0. The first-order valence-corrected chi connectivity index (χ1v) is 7.66. The third-order valence-electron chi connectivity index (χ3n) is 3.08. The molecular formula is C16H21N3O7. The second kappa shape index (κ2) is 8.28. The number of non-ortho nitro benzene ring substituents is 1. The van der Waals surface area contributed by atoms with Crippen LogP contribution in [0.2, 0.25) is 0 Å². The lowest BCUT2D eigenvalue weighted by atomic mass is 10.1. The minimum Gasteiger partial charge on any atom is -0.481 e. The van der Waals surface area contributed by atoms with Gasteiger partial charge < -0.3 is 20.5 Å². The summed E-state index contributed by atoms with van der Waals surface area (Å²) in [5, 5.41) is 24.4. The fourth-order valence-electron chi connectivity index (χ4n) is 1.91. The van der Waals surface area contributed by atoms with E-state index < -0.39 is 41.0 Å². The van der Waals surface area contributed by atoms with E-state index in [0.29, 0.717) is 5.56 Å². The van der Waals surface area contributed by atoms with Crippen molar-refractivity contribution in [3.05, 3.63) is 33.9 Å². The van der Waals surface area contributed by atoms with Gasteiger partial charge in [-0.25, -0.2) is 4.79 Å². The fraction of sp³-hybridized carbons (Fsp3) is 0.438. The first-order chi connectivity index (χ1) is 11.9. The summed E-state index contributed by atoms with van der Waals surface area (Å²) in [7, 11) is 0. The van der Waals surface area contributed by atoms with E-state index in [-0.39, 0.29) is 11.4 Å². The van der Waals surface area contributed by atoms with Crippen molar-refractivity contribution in [2.24, 2.45) is 0 Å². The van der Waals surface area contributed by atoms with E-state index in [1.165, 1.54) is 12.1 Å². The highest BCUT2D eigenvalue weighted by Crippen LogP contribution is 2.22. The molecule has 0 radical (unpaired) electrons. The number of carboxylic acid groups (broad SMARTS) is 1. The minimum atomic E-state index is -1.42. The van der Waals surface area contributed by atoms with Gasteiger partial charge in [0.2, 0.25) is 5.91 Å². The van der Waals surface area contributed by atoms with Crippen LogP contribution in [0.1, 0.15) is 32.8 Å². The number of amides is 2. The van der Waals surface area contributed by atoms with Crippen molar-refractivity contribution >= 4 is 29.3 Å². The zero-order valence-electron chi connectivity index (χ0n) is 14.9. The van der Waals surface area contributed by atoms with Gasteiger partial charge in [-0.05, 0) is 33.3 Å². The molecule has 0 aromatic heterocycles. The van der Waals surface area contributed by atoms with Crippen molar-refractivity contribution in [2.75, 3.05) is 5.32 Å². The van der Waals surface area contributed by atoms with E-state index in [0.717, 1.165) is 6.07 Å². The summed E-state index contributed by atoms with van der Waals surface area (Å²) in [6.07, 6.45) is -1.63. The average Bonchev–Trinajstić information content (AvgIpc) is 2.46. The molecule has 0 aliphatic rings. The molecule has 0 saturated carbocycles. The summed E-state index contributed by atoms with van der Waals surface area (Å²) in [5.41, 5.74) is -0.382. The first kappa shape index (κ1) is 20.9. The van der Waals surface area contributed by atoms with Gasteiger partial charge in [0, 0.05) is 12.1 Å². The average molecular weight is 367 g/mol. The van der Waals surface area contributed by atoms with Gasteiger partial charge in [0.25, 0.3) is 5.69 Å². The predicted molar refractivity (Wildman–Crippen MR) is 91.9 cm³/mol. The van der Waals surface area contributed by atoms with Gasteiger partial charge in [-0.3, -0.25) is 19.7 Å². The molecule has 3 N–H and O–H groups in total. The molecule has 0 bridgehead atoms. The Hall–Kier alpha value is -3.17. The zero-order valence-corrected chi connectivity index (χ0v) is 14.9. The molecular weight excluding hydrogens is 346 g/mol. The number of carbonyl (C=O) groups is 3. The molecule has 2 amide bonds. The predicted octanol–water partition coefficient (Wildman–Crippen LogP) is 2.21. The van der Waals surface area contributed by atoms with E-state index in [1.807, 2.05) is 0 Å². The number of hydrogen-bond donors (Lipinski definition) is 3. The highest BCUT2D eigenvalue weighted by atomic mass is 16.6. The van der Waals surface area contributed by atoms with Gasteiger partial charge in [0.1, 0.15) is 11.6 Å². The summed E-state index contributed by atoms with van der Waals surface area (Å²) in [6, 6.07) is 2.46. The normalized spacial score (nSPS) is 12.0. The number of ether oxygens (including phenoxy) is 1. The Morgan fingerprint density at radius 3 is 2.42 bits per heavy atom. The SMILES string of the molecule is Cc1ccc([N+](=O)[O-])cc1NC(=O)[C@@H](CC(=O)O)NC(=O)OC(C)(C)C. The number of nitrogens with one attached hydrogen (secondary N) is 2. The Morgan fingerprint density at radius 2 is 1.92 bits per heavy atom. The van der Waals surface area contributed by atoms with Gasteiger partial charge in [-0.1, -0.05) is 6.07 Å². The molecule has 142 valence electrons. The third-order valence-corrected chi connectivity index (χ3v) is 3.08. The smallest absolute Gasteiger partial charge is 0.408 e. The van der Waals surface area contributed by atoms with E-state index >= 15 is 0 Å². The molecule has 0 heterocycles. The molecule has 1 aromatic carbocycles. The van der Waals surface area contributed by atoms with Crippen LogP contribution in [0.4, 0.5) is 16.2 Å². The molecule has 26 heavy (non-hydrogen) atoms. The Kier molecular flexibility index (Phi) is 6.64. The second-order valence-corrected chi connectivity index (χ2v) is 6.54. The van der Waals surface area contributed by atoms with Crippen LogP contribution in [0.3, 0.4) is 0 Å². The highest BCUT2D eigenvalue weighted by Gasteiger charge is 2.27. The monoisotopic (exact) mass is 367 g/mol. The lowest BCUT2D eigenvalue weighted by Gasteiger charge is -2.22. The summed E-state index contributed by atoms with van der Waals surface area (Å²) in [6.45, 7) is 6.47. The number of carboxylic acids is 1. The summed E-state index contributed by atoms with van der Waals surface area (Å²) < 4.78 is 5.01. The molecule has 1 atom stereocenters. The largest absolute Gasteiger partial charge is 0.481 e. The Labute approximate surface area is 149 Å². The van der Waals surface area contributed by atoms with Crippen molar-refractivity contribution in [2.45, 2.75) is 45.8 Å². The number of hydrogen-bond acceptors (Lipinski definition) is 6. The number of carbonyl (C=O) groups excluding carboxylic acids is 2. The molecule has 0 fully saturated rings. The molecule has 10 nitrogen and oxygen atoms in total. The van der Waals surface area contributed by atoms with Gasteiger partial charge in [-0.2, -0.15) is 0 Å². The van der Waals surface area contributed by atoms with E-state index in [9.17, 15) is 24.5 Å². The molecule has 0 aliphatic heterocycles. The zero-order chi connectivity index (χ0) is 20.1. The van der Waals surface area contributed by atoms with Gasteiger partial charge in [0.05, 0.1) is 17.0 Å². The molecule has 0 aliphatic carbocycles. The van der Waals surface area contributed by atoms with Crippen molar-refractivity contribution in [1.82, 2.24) is 5.32 Å². The van der Waals surface area contributed by atoms with E-state index in [2.05, 4.69) is 10.6 Å². The number of nitro benzene ring substituents is 1.